The zero-order chi connectivity index (χ0) is 18.1. The highest BCUT2D eigenvalue weighted by Crippen LogP contribution is 2.33. The lowest BCUT2D eigenvalue weighted by atomic mass is 10.1. The third-order valence-electron chi connectivity index (χ3n) is 4.84. The van der Waals surface area contributed by atoms with Crippen LogP contribution in [0.25, 0.3) is 0 Å². The van der Waals surface area contributed by atoms with Crippen LogP contribution >= 0.6 is 11.6 Å². The fraction of sp³-hybridized carbons (Fsp3) is 0.471. The smallest absolute Gasteiger partial charge is 0.227 e. The fourth-order valence-electron chi connectivity index (χ4n) is 3.33. The number of rotatable bonds is 3. The van der Waals surface area contributed by atoms with Gasteiger partial charge in [0.25, 0.3) is 0 Å². The summed E-state index contributed by atoms with van der Waals surface area (Å²) in [5, 5.41) is 0.545. The number of nitrogens with two attached hydrogens (primary N) is 1. The van der Waals surface area contributed by atoms with Crippen molar-refractivity contribution in [2.75, 3.05) is 42.5 Å². The van der Waals surface area contributed by atoms with Gasteiger partial charge in [0, 0.05) is 51.8 Å². The molecule has 2 aliphatic rings. The lowest BCUT2D eigenvalue weighted by molar-refractivity contribution is -0.129. The molecular weight excluding hydrogens is 344 g/mol. The van der Waals surface area contributed by atoms with Crippen molar-refractivity contribution in [3.63, 3.8) is 0 Å². The van der Waals surface area contributed by atoms with Gasteiger partial charge < -0.3 is 20.4 Å². The van der Waals surface area contributed by atoms with Gasteiger partial charge in [-0.2, -0.15) is 0 Å². The van der Waals surface area contributed by atoms with Crippen LogP contribution in [0.3, 0.4) is 0 Å². The molecule has 1 atom stereocenters. The van der Waals surface area contributed by atoms with E-state index in [1.165, 1.54) is 0 Å². The molecule has 2 heterocycles. The molecule has 8 heteroatoms. The standard InChI is InChI=1S/C17H21ClN4O3/c1-11(23)20-4-6-21(7-5-20)15-3-2-13(9-14(15)18)22-10-12(17(19)25)8-16(22)24/h2-3,9,12H,4-8,10H2,1H3,(H2,19,25). The van der Waals surface area contributed by atoms with Crippen LogP contribution in [0.5, 0.6) is 0 Å². The molecule has 2 N–H and O–H groups in total. The average Bonchev–Trinajstić information content (AvgIpc) is 2.97. The molecule has 0 aromatic heterocycles. The summed E-state index contributed by atoms with van der Waals surface area (Å²) >= 11 is 6.43. The summed E-state index contributed by atoms with van der Waals surface area (Å²) in [6.45, 7) is 4.62. The second kappa shape index (κ2) is 6.92. The van der Waals surface area contributed by atoms with E-state index in [1.54, 1.807) is 17.9 Å². The van der Waals surface area contributed by atoms with E-state index >= 15 is 0 Å². The zero-order valence-electron chi connectivity index (χ0n) is 14.1. The summed E-state index contributed by atoms with van der Waals surface area (Å²) in [4.78, 5) is 40.3. The van der Waals surface area contributed by atoms with E-state index in [9.17, 15) is 14.4 Å². The highest BCUT2D eigenvalue weighted by atomic mass is 35.5. The predicted octanol–water partition coefficient (Wildman–Crippen LogP) is 0.847. The quantitative estimate of drug-likeness (QED) is 0.861. The van der Waals surface area contributed by atoms with Crippen molar-refractivity contribution in [2.24, 2.45) is 11.7 Å². The Morgan fingerprint density at radius 1 is 1.20 bits per heavy atom. The summed E-state index contributed by atoms with van der Waals surface area (Å²) in [7, 11) is 0. The third kappa shape index (κ3) is 3.56. The maximum atomic E-state index is 12.1. The first-order chi connectivity index (χ1) is 11.9. The van der Waals surface area contributed by atoms with Crippen molar-refractivity contribution in [1.82, 2.24) is 4.90 Å². The van der Waals surface area contributed by atoms with Crippen LogP contribution in [-0.4, -0.2) is 55.3 Å². The van der Waals surface area contributed by atoms with E-state index in [1.807, 2.05) is 17.0 Å². The Balaban J connectivity index is 1.73. The average molecular weight is 365 g/mol. The van der Waals surface area contributed by atoms with Crippen molar-refractivity contribution in [3.8, 4) is 0 Å². The number of hydrogen-bond donors (Lipinski definition) is 1. The number of carbonyl (C=O) groups is 3. The summed E-state index contributed by atoms with van der Waals surface area (Å²) in [6, 6.07) is 5.46. The Labute approximate surface area is 151 Å². The van der Waals surface area contributed by atoms with E-state index in [0.717, 1.165) is 5.69 Å². The Bertz CT molecular complexity index is 716. The monoisotopic (exact) mass is 364 g/mol. The molecule has 0 saturated carbocycles. The first-order valence-electron chi connectivity index (χ1n) is 8.26. The highest BCUT2D eigenvalue weighted by Gasteiger charge is 2.34. The van der Waals surface area contributed by atoms with Crippen LogP contribution in [0.4, 0.5) is 11.4 Å². The molecule has 25 heavy (non-hydrogen) atoms. The molecule has 0 spiro atoms. The van der Waals surface area contributed by atoms with Gasteiger partial charge in [-0.25, -0.2) is 0 Å². The van der Waals surface area contributed by atoms with Crippen LogP contribution in [0.1, 0.15) is 13.3 Å². The topological polar surface area (TPSA) is 86.9 Å². The molecule has 2 saturated heterocycles. The van der Waals surface area contributed by atoms with Crippen LogP contribution < -0.4 is 15.5 Å². The number of piperazine rings is 1. The van der Waals surface area contributed by atoms with Gasteiger partial charge in [-0.3, -0.25) is 14.4 Å². The Morgan fingerprint density at radius 3 is 2.40 bits per heavy atom. The molecule has 0 aliphatic carbocycles. The lowest BCUT2D eigenvalue weighted by Crippen LogP contribution is -2.48. The molecule has 1 unspecified atom stereocenters. The van der Waals surface area contributed by atoms with Crippen LogP contribution in [0, 0.1) is 5.92 Å². The molecule has 2 aliphatic heterocycles. The lowest BCUT2D eigenvalue weighted by Gasteiger charge is -2.36. The van der Waals surface area contributed by atoms with E-state index in [0.29, 0.717) is 43.4 Å². The predicted molar refractivity (Wildman–Crippen MR) is 95.6 cm³/mol. The summed E-state index contributed by atoms with van der Waals surface area (Å²) in [6.07, 6.45) is 0.141. The van der Waals surface area contributed by atoms with Crippen LogP contribution in [0.2, 0.25) is 5.02 Å². The molecular formula is C17H21ClN4O3. The van der Waals surface area contributed by atoms with Crippen molar-refractivity contribution in [1.29, 1.82) is 0 Å². The summed E-state index contributed by atoms with van der Waals surface area (Å²) in [5.74, 6) is -0.951. The van der Waals surface area contributed by atoms with Crippen molar-refractivity contribution >= 4 is 40.7 Å². The molecule has 3 rings (SSSR count). The second-order valence-electron chi connectivity index (χ2n) is 6.44. The Morgan fingerprint density at radius 2 is 1.88 bits per heavy atom. The van der Waals surface area contributed by atoms with E-state index in [-0.39, 0.29) is 18.2 Å². The second-order valence-corrected chi connectivity index (χ2v) is 6.84. The van der Waals surface area contributed by atoms with Gasteiger partial charge in [0.05, 0.1) is 16.6 Å². The summed E-state index contributed by atoms with van der Waals surface area (Å²) < 4.78 is 0. The molecule has 0 radical (unpaired) electrons. The number of hydrogen-bond acceptors (Lipinski definition) is 4. The number of anilines is 2. The van der Waals surface area contributed by atoms with E-state index in [2.05, 4.69) is 4.90 Å². The number of nitrogens with zero attached hydrogens (tertiary/aromatic N) is 3. The van der Waals surface area contributed by atoms with Gasteiger partial charge in [-0.05, 0) is 18.2 Å². The number of primary amides is 1. The van der Waals surface area contributed by atoms with E-state index in [4.69, 9.17) is 17.3 Å². The minimum absolute atomic E-state index is 0.0812. The Kier molecular flexibility index (Phi) is 4.85. The molecule has 134 valence electrons. The molecule has 2 fully saturated rings. The SMILES string of the molecule is CC(=O)N1CCN(c2ccc(N3CC(C(N)=O)CC3=O)cc2Cl)CC1. The summed E-state index contributed by atoms with van der Waals surface area (Å²) in [5.41, 5.74) is 6.86. The van der Waals surface area contributed by atoms with Gasteiger partial charge in [-0.1, -0.05) is 11.6 Å². The molecule has 0 bridgehead atoms. The number of amides is 3. The maximum Gasteiger partial charge on any atom is 0.227 e. The maximum absolute atomic E-state index is 12.1. The first kappa shape index (κ1) is 17.5. The van der Waals surface area contributed by atoms with Gasteiger partial charge >= 0.3 is 0 Å². The minimum atomic E-state index is -0.457. The van der Waals surface area contributed by atoms with Gasteiger partial charge in [-0.15, -0.1) is 0 Å². The van der Waals surface area contributed by atoms with Gasteiger partial charge in [0.2, 0.25) is 17.7 Å². The van der Waals surface area contributed by atoms with Crippen LogP contribution in [-0.2, 0) is 14.4 Å². The molecule has 1 aromatic carbocycles. The number of carbonyl (C=O) groups excluding carboxylic acids is 3. The van der Waals surface area contributed by atoms with E-state index < -0.39 is 11.8 Å². The van der Waals surface area contributed by atoms with Crippen molar-refractivity contribution in [3.05, 3.63) is 23.2 Å². The van der Waals surface area contributed by atoms with Gasteiger partial charge in [0.15, 0.2) is 0 Å². The third-order valence-corrected chi connectivity index (χ3v) is 5.14. The number of halogens is 1. The molecule has 3 amide bonds. The van der Waals surface area contributed by atoms with Crippen molar-refractivity contribution < 1.29 is 14.4 Å². The van der Waals surface area contributed by atoms with Crippen molar-refractivity contribution in [2.45, 2.75) is 13.3 Å². The zero-order valence-corrected chi connectivity index (χ0v) is 14.8. The largest absolute Gasteiger partial charge is 0.369 e. The van der Waals surface area contributed by atoms with Crippen LogP contribution in [0.15, 0.2) is 18.2 Å². The normalized spacial score (nSPS) is 21.0. The minimum Gasteiger partial charge on any atom is -0.369 e. The molecule has 7 nitrogen and oxygen atoms in total. The first-order valence-corrected chi connectivity index (χ1v) is 8.64. The Hall–Kier alpha value is -2.28. The highest BCUT2D eigenvalue weighted by molar-refractivity contribution is 6.33. The molecule has 1 aromatic rings. The fourth-order valence-corrected chi connectivity index (χ4v) is 3.62. The van der Waals surface area contributed by atoms with Gasteiger partial charge in [0.1, 0.15) is 0 Å². The number of benzene rings is 1.